The largest absolute Gasteiger partial charge is 0.122 e. The highest BCUT2D eigenvalue weighted by Gasteiger charge is 2.27. The van der Waals surface area contributed by atoms with Crippen molar-refractivity contribution in [2.45, 2.75) is 51.1 Å². The zero-order chi connectivity index (χ0) is 9.99. The Morgan fingerprint density at radius 1 is 1.08 bits per heavy atom. The summed E-state index contributed by atoms with van der Waals surface area (Å²) in [6.07, 6.45) is 1.46. The van der Waals surface area contributed by atoms with Crippen molar-refractivity contribution in [2.24, 2.45) is 0 Å². The molecule has 0 aromatic rings. The van der Waals surface area contributed by atoms with Crippen LogP contribution in [0.15, 0.2) is 0 Å². The van der Waals surface area contributed by atoms with Crippen LogP contribution in [0.2, 0.25) is 37.8 Å². The van der Waals surface area contributed by atoms with Crippen LogP contribution in [0.3, 0.4) is 0 Å². The fourth-order valence-corrected chi connectivity index (χ4v) is 5.01. The molecule has 0 fully saturated rings. The van der Waals surface area contributed by atoms with Crippen molar-refractivity contribution in [1.29, 1.82) is 0 Å². The molecule has 0 rings (SSSR count). The van der Waals surface area contributed by atoms with Gasteiger partial charge in [-0.05, 0) is 11.6 Å². The van der Waals surface area contributed by atoms with Crippen LogP contribution in [0.1, 0.15) is 13.3 Å². The van der Waals surface area contributed by atoms with Crippen molar-refractivity contribution in [3.8, 4) is 0 Å². The first kappa shape index (κ1) is 13.9. The van der Waals surface area contributed by atoms with Crippen molar-refractivity contribution in [1.82, 2.24) is 0 Å². The molecular weight excluding hydrogens is 406 g/mol. The summed E-state index contributed by atoms with van der Waals surface area (Å²) in [5.41, 5.74) is -0.696. The van der Waals surface area contributed by atoms with E-state index in [0.717, 1.165) is 5.54 Å². The topological polar surface area (TPSA) is 0 Å². The van der Waals surface area contributed by atoms with E-state index in [1.54, 1.807) is 0 Å². The molecule has 0 aromatic carbocycles. The number of halogens is 2. The van der Waals surface area contributed by atoms with Crippen LogP contribution in [-0.2, 0) is 0 Å². The summed E-state index contributed by atoms with van der Waals surface area (Å²) in [5.74, 6) is 0. The zero-order valence-electron chi connectivity index (χ0n) is 8.75. The minimum absolute atomic E-state index is 0.810. The second kappa shape index (κ2) is 5.11. The first-order valence-corrected chi connectivity index (χ1v) is 17.0. The molecule has 12 heavy (non-hydrogen) atoms. The lowest BCUT2D eigenvalue weighted by atomic mass is 10.4. The summed E-state index contributed by atoms with van der Waals surface area (Å²) < 4.78 is 0. The van der Waals surface area contributed by atoms with Gasteiger partial charge in [-0.2, -0.15) is 0 Å². The first-order chi connectivity index (χ1) is 5.13. The van der Waals surface area contributed by atoms with Crippen LogP contribution < -0.4 is 0 Å². The van der Waals surface area contributed by atoms with Crippen LogP contribution in [0.4, 0.5) is 0 Å². The van der Waals surface area contributed by atoms with E-state index in [1.807, 2.05) is 0 Å². The van der Waals surface area contributed by atoms with E-state index in [1.165, 1.54) is 12.5 Å². The van der Waals surface area contributed by atoms with Crippen LogP contribution in [-0.4, -0.2) is 11.1 Å². The van der Waals surface area contributed by atoms with Crippen molar-refractivity contribution in [2.75, 3.05) is 0 Å². The molecule has 0 aromatic heterocycles. The van der Waals surface area contributed by atoms with Crippen molar-refractivity contribution < 1.29 is 0 Å². The van der Waals surface area contributed by atoms with Gasteiger partial charge in [0.15, 0.2) is 0 Å². The van der Waals surface area contributed by atoms with Gasteiger partial charge < -0.3 is 0 Å². The summed E-state index contributed by atoms with van der Waals surface area (Å²) in [7, 11) is 0. The average Bonchev–Trinajstić information content (AvgIpc) is 1.78. The van der Waals surface area contributed by atoms with Gasteiger partial charge in [-0.3, -0.25) is 0 Å². The zero-order valence-corrected chi connectivity index (χ0v) is 15.1. The predicted octanol–water partition coefficient (Wildman–Crippen LogP) is 5.05. The number of hydrogen-bond donors (Lipinski definition) is 0. The molecule has 1 atom stereocenters. The lowest BCUT2D eigenvalue weighted by Gasteiger charge is -2.25. The Hall–Kier alpha value is 1.89. The lowest BCUT2D eigenvalue weighted by molar-refractivity contribution is 0.847. The molecule has 0 bridgehead atoms. The molecule has 0 amide bonds. The summed E-state index contributed by atoms with van der Waals surface area (Å²) in [6.45, 7) is 12.3. The van der Waals surface area contributed by atoms with Gasteiger partial charge in [-0.25, -0.2) is 0 Å². The fourth-order valence-electron chi connectivity index (χ4n) is 0.903. The van der Waals surface area contributed by atoms with Gasteiger partial charge in [0, 0.05) is 0 Å². The summed E-state index contributed by atoms with van der Waals surface area (Å²) >= 11 is 5.40. The third-order valence-electron chi connectivity index (χ3n) is 2.34. The van der Waals surface area contributed by atoms with Crippen molar-refractivity contribution >= 4 is 54.7 Å². The third-order valence-corrected chi connectivity index (χ3v) is 11.3. The summed E-state index contributed by atoms with van der Waals surface area (Å²) in [4.78, 5) is 0. The number of hydrogen-bond acceptors (Lipinski definition) is 0. The minimum Gasteiger partial charge on any atom is -0.119 e. The van der Waals surface area contributed by atoms with E-state index in [0.29, 0.717) is 0 Å². The van der Waals surface area contributed by atoms with E-state index >= 15 is 0 Å². The average molecular weight is 426 g/mol. The van der Waals surface area contributed by atoms with Crippen molar-refractivity contribution in [3.63, 3.8) is 0 Å². The normalized spacial score (nSPS) is 16.2. The first-order valence-electron chi connectivity index (χ1n) is 4.51. The summed E-state index contributed by atoms with van der Waals surface area (Å²) in [6, 6.07) is 1.49. The quantitative estimate of drug-likeness (QED) is 0.336. The highest BCUT2D eigenvalue weighted by atomic mass is 127. The van der Waals surface area contributed by atoms with Gasteiger partial charge in [-0.1, -0.05) is 39.5 Å². The predicted molar refractivity (Wildman–Crippen MR) is 81.9 cm³/mol. The third kappa shape index (κ3) is 7.31. The maximum absolute atomic E-state index is 2.71. The second-order valence-electron chi connectivity index (χ2n) is 4.72. The Bertz CT molecular complexity index is 135. The van der Waals surface area contributed by atoms with E-state index in [4.69, 9.17) is 0 Å². The van der Waals surface area contributed by atoms with Crippen LogP contribution in [0.25, 0.3) is 0 Å². The van der Waals surface area contributed by atoms with Gasteiger partial charge in [0.05, 0.1) is 0 Å². The second-order valence-corrected chi connectivity index (χ2v) is 29.9. The molecule has 0 spiro atoms. The Morgan fingerprint density at radius 3 is 1.75 bits per heavy atom. The molecule has 1 unspecified atom stereocenters. The minimum atomic E-state index is -0.871. The van der Waals surface area contributed by atoms with E-state index in [9.17, 15) is 0 Å². The highest BCUT2D eigenvalue weighted by Crippen LogP contribution is 2.34. The monoisotopic (exact) mass is 426 g/mol. The molecule has 0 saturated heterocycles. The molecule has 4 heteroatoms. The molecule has 0 radical (unpaired) electrons. The van der Waals surface area contributed by atoms with Gasteiger partial charge in [0.25, 0.3) is 0 Å². The van der Waals surface area contributed by atoms with Crippen LogP contribution in [0.5, 0.6) is 0 Å². The van der Waals surface area contributed by atoms with Gasteiger partial charge in [0.2, 0.25) is 0 Å². The molecule has 0 heterocycles. The molecule has 0 saturated carbocycles. The molecule has 0 aliphatic heterocycles. The Labute approximate surface area is 105 Å². The molecular formula is C8H20I2Si2. The van der Waals surface area contributed by atoms with Gasteiger partial charge in [-0.15, -0.1) is 43.6 Å². The van der Waals surface area contributed by atoms with E-state index in [-0.39, 0.29) is 0 Å². The van der Waals surface area contributed by atoms with Crippen LogP contribution in [0, 0.1) is 0 Å². The van der Waals surface area contributed by atoms with E-state index < -0.39 is 11.1 Å². The molecule has 0 aliphatic carbocycles. The summed E-state index contributed by atoms with van der Waals surface area (Å²) in [5, 5.41) is 0. The number of rotatable bonds is 4. The SMILES string of the molecule is CC(CC[Si](C)(C)I)[Si](C)(C)I. The maximum Gasteiger partial charge on any atom is 0.122 e. The molecule has 0 aliphatic rings. The highest BCUT2D eigenvalue weighted by molar-refractivity contribution is 14.1. The Kier molecular flexibility index (Phi) is 5.92. The van der Waals surface area contributed by atoms with Crippen molar-refractivity contribution in [3.05, 3.63) is 0 Å². The molecule has 74 valence electrons. The Balaban J connectivity index is 3.80. The lowest BCUT2D eigenvalue weighted by Crippen LogP contribution is -2.24. The fraction of sp³-hybridized carbons (Fsp3) is 1.00. The molecule has 0 N–H and O–H groups in total. The van der Waals surface area contributed by atoms with Gasteiger partial charge >= 0.3 is 0 Å². The van der Waals surface area contributed by atoms with Gasteiger partial charge in [0.1, 0.15) is 11.1 Å². The Morgan fingerprint density at radius 2 is 1.50 bits per heavy atom. The maximum atomic E-state index is 2.71. The smallest absolute Gasteiger partial charge is 0.119 e. The van der Waals surface area contributed by atoms with E-state index in [2.05, 4.69) is 76.7 Å². The van der Waals surface area contributed by atoms with Crippen LogP contribution >= 0.6 is 43.6 Å². The standard InChI is InChI=1S/C8H20I2Si2/c1-8(12(4,5)10)6-7-11(2,3)9/h8H,6-7H2,1-5H3. The molecule has 0 nitrogen and oxygen atoms in total.